The number of hydrogen-bond donors (Lipinski definition) is 1. The van der Waals surface area contributed by atoms with E-state index in [0.29, 0.717) is 12.1 Å². The third-order valence-corrected chi connectivity index (χ3v) is 0.762. The van der Waals surface area contributed by atoms with Crippen molar-refractivity contribution in [1.29, 1.82) is 0 Å². The number of halogens is 1. The molecule has 0 aliphatic carbocycles. The second-order valence-corrected chi connectivity index (χ2v) is 1.64. The molecule has 0 saturated heterocycles. The molecule has 0 aliphatic heterocycles. The summed E-state index contributed by atoms with van der Waals surface area (Å²) in [5.74, 6) is -0.482. The van der Waals surface area contributed by atoms with Gasteiger partial charge in [0.2, 0.25) is 0 Å². The van der Waals surface area contributed by atoms with Crippen LogP contribution in [0.5, 0.6) is 0 Å². The van der Waals surface area contributed by atoms with Crippen LogP contribution in [-0.2, 0) is 0 Å². The minimum absolute atomic E-state index is 0.351. The fourth-order valence-corrected chi connectivity index (χ4v) is 0.276. The first-order valence-electron chi connectivity index (χ1n) is 2.57. The average Bonchev–Trinajstić information content (AvgIpc) is 1.83. The number of rotatable bonds is 3. The summed E-state index contributed by atoms with van der Waals surface area (Å²) in [6.45, 7) is 6.90. The molecule has 0 heterocycles. The lowest BCUT2D eigenvalue weighted by Gasteiger charge is -1.88. The van der Waals surface area contributed by atoms with Gasteiger partial charge in [0.15, 0.2) is 0 Å². The molecule has 0 fully saturated rings. The lowest BCUT2D eigenvalue weighted by molar-refractivity contribution is 0.671. The van der Waals surface area contributed by atoms with Crippen molar-refractivity contribution in [3.05, 3.63) is 36.7 Å². The van der Waals surface area contributed by atoms with E-state index in [1.807, 2.05) is 0 Å². The highest BCUT2D eigenvalue weighted by Crippen LogP contribution is 1.96. The van der Waals surface area contributed by atoms with E-state index in [2.05, 4.69) is 13.2 Å². The van der Waals surface area contributed by atoms with Crippen LogP contribution in [0.15, 0.2) is 36.7 Å². The van der Waals surface area contributed by atoms with Crippen LogP contribution in [0.25, 0.3) is 0 Å². The van der Waals surface area contributed by atoms with E-state index >= 15 is 0 Å². The fraction of sp³-hybridized carbons (Fsp3) is 0.143. The predicted molar refractivity (Wildman–Crippen MR) is 37.6 cm³/mol. The molecular weight excluding hydrogens is 117 g/mol. The molecule has 0 radical (unpaired) electrons. The number of nitrogens with two attached hydrogens (primary N) is 1. The third-order valence-electron chi connectivity index (χ3n) is 0.762. The molecule has 9 heavy (non-hydrogen) atoms. The molecule has 0 atom stereocenters. The summed E-state index contributed by atoms with van der Waals surface area (Å²) in [6.07, 6.45) is 2.73. The second-order valence-electron chi connectivity index (χ2n) is 1.64. The molecule has 0 aliphatic rings. The van der Waals surface area contributed by atoms with Crippen molar-refractivity contribution in [1.82, 2.24) is 0 Å². The Labute approximate surface area is 54.4 Å². The fourth-order valence-electron chi connectivity index (χ4n) is 0.276. The lowest BCUT2D eigenvalue weighted by atomic mass is 10.3. The summed E-state index contributed by atoms with van der Waals surface area (Å²) in [7, 11) is 0. The first-order valence-corrected chi connectivity index (χ1v) is 2.57. The van der Waals surface area contributed by atoms with Gasteiger partial charge in [-0.25, -0.2) is 4.39 Å². The molecule has 0 unspecified atom stereocenters. The van der Waals surface area contributed by atoms with Crippen LogP contribution in [0.1, 0.15) is 0 Å². The molecule has 50 valence electrons. The van der Waals surface area contributed by atoms with Gasteiger partial charge >= 0.3 is 0 Å². The molecule has 0 amide bonds. The van der Waals surface area contributed by atoms with E-state index in [1.54, 1.807) is 0 Å². The van der Waals surface area contributed by atoms with Gasteiger partial charge in [0.1, 0.15) is 5.83 Å². The summed E-state index contributed by atoms with van der Waals surface area (Å²) in [6, 6.07) is 0. The van der Waals surface area contributed by atoms with Gasteiger partial charge in [-0.05, 0) is 11.6 Å². The zero-order chi connectivity index (χ0) is 7.28. The Kier molecular flexibility index (Phi) is 3.64. The minimum Gasteiger partial charge on any atom is -0.327 e. The Morgan fingerprint density at radius 1 is 1.44 bits per heavy atom. The van der Waals surface area contributed by atoms with Crippen LogP contribution in [0, 0.1) is 0 Å². The van der Waals surface area contributed by atoms with Gasteiger partial charge in [0.25, 0.3) is 0 Å². The summed E-state index contributed by atoms with van der Waals surface area (Å²) < 4.78 is 11.8. The third kappa shape index (κ3) is 4.97. The number of allylic oxidation sites excluding steroid dienone is 2. The summed E-state index contributed by atoms with van der Waals surface area (Å²) in [5, 5.41) is 0. The molecule has 0 aromatic rings. The van der Waals surface area contributed by atoms with E-state index in [0.717, 1.165) is 0 Å². The smallest absolute Gasteiger partial charge is 0.116 e. The summed E-state index contributed by atoms with van der Waals surface area (Å²) >= 11 is 0. The summed E-state index contributed by atoms with van der Waals surface area (Å²) in [4.78, 5) is 0. The van der Waals surface area contributed by atoms with Crippen molar-refractivity contribution in [2.24, 2.45) is 5.73 Å². The largest absolute Gasteiger partial charge is 0.327 e. The van der Waals surface area contributed by atoms with Crippen LogP contribution in [0.2, 0.25) is 0 Å². The predicted octanol–water partition coefficient (Wildman–Crippen LogP) is 1.54. The Morgan fingerprint density at radius 2 is 2.00 bits per heavy atom. The van der Waals surface area contributed by atoms with Crippen LogP contribution >= 0.6 is 0 Å². The van der Waals surface area contributed by atoms with Crippen molar-refractivity contribution < 1.29 is 4.39 Å². The molecule has 0 saturated carbocycles. The van der Waals surface area contributed by atoms with Crippen LogP contribution in [-0.4, -0.2) is 6.54 Å². The van der Waals surface area contributed by atoms with Crippen molar-refractivity contribution in [3.8, 4) is 0 Å². The van der Waals surface area contributed by atoms with Crippen molar-refractivity contribution in [2.45, 2.75) is 0 Å². The van der Waals surface area contributed by atoms with Gasteiger partial charge in [-0.15, -0.1) is 0 Å². The second kappa shape index (κ2) is 4.04. The molecule has 0 spiro atoms. The van der Waals surface area contributed by atoms with Crippen molar-refractivity contribution >= 4 is 0 Å². The standard InChI is InChI=1S/C7H10FN/c1-6(5-9)3-4-7(2)8/h3-4H,1-2,5,9H2. The Bertz CT molecular complexity index is 147. The Morgan fingerprint density at radius 3 is 2.33 bits per heavy atom. The van der Waals surface area contributed by atoms with E-state index < -0.39 is 5.83 Å². The topological polar surface area (TPSA) is 26.0 Å². The first-order chi connectivity index (χ1) is 4.16. The lowest BCUT2D eigenvalue weighted by Crippen LogP contribution is -1.98. The Hall–Kier alpha value is -0.890. The van der Waals surface area contributed by atoms with E-state index in [1.165, 1.54) is 12.2 Å². The molecule has 0 aromatic heterocycles. The highest BCUT2D eigenvalue weighted by molar-refractivity contribution is 5.21. The van der Waals surface area contributed by atoms with Crippen LogP contribution < -0.4 is 5.73 Å². The average molecular weight is 127 g/mol. The van der Waals surface area contributed by atoms with Crippen molar-refractivity contribution in [3.63, 3.8) is 0 Å². The maximum Gasteiger partial charge on any atom is 0.116 e. The highest BCUT2D eigenvalue weighted by atomic mass is 19.1. The molecule has 2 heteroatoms. The van der Waals surface area contributed by atoms with Crippen LogP contribution in [0.3, 0.4) is 0 Å². The zero-order valence-corrected chi connectivity index (χ0v) is 5.23. The highest BCUT2D eigenvalue weighted by Gasteiger charge is 1.81. The quantitative estimate of drug-likeness (QED) is 0.572. The molecule has 0 rings (SSSR count). The van der Waals surface area contributed by atoms with E-state index in [9.17, 15) is 4.39 Å². The van der Waals surface area contributed by atoms with Crippen LogP contribution in [0.4, 0.5) is 4.39 Å². The molecule has 0 aromatic carbocycles. The maximum atomic E-state index is 11.8. The molecule has 1 nitrogen and oxygen atoms in total. The van der Waals surface area contributed by atoms with Gasteiger partial charge in [-0.3, -0.25) is 0 Å². The van der Waals surface area contributed by atoms with Gasteiger partial charge in [-0.2, -0.15) is 0 Å². The SMILES string of the molecule is C=C(F)C=CC(=C)CN. The Balaban J connectivity index is 3.71. The van der Waals surface area contributed by atoms with Gasteiger partial charge < -0.3 is 5.73 Å². The molecule has 2 N–H and O–H groups in total. The van der Waals surface area contributed by atoms with Gasteiger partial charge in [0, 0.05) is 6.54 Å². The van der Waals surface area contributed by atoms with Crippen molar-refractivity contribution in [2.75, 3.05) is 6.54 Å². The van der Waals surface area contributed by atoms with Gasteiger partial charge in [-0.1, -0.05) is 19.2 Å². The monoisotopic (exact) mass is 127 g/mol. The van der Waals surface area contributed by atoms with E-state index in [-0.39, 0.29) is 0 Å². The molecular formula is C7H10FN. The van der Waals surface area contributed by atoms with E-state index in [4.69, 9.17) is 5.73 Å². The normalized spacial score (nSPS) is 10.0. The summed E-state index contributed by atoms with van der Waals surface area (Å²) in [5.41, 5.74) is 5.84. The first kappa shape index (κ1) is 8.11. The maximum absolute atomic E-state index is 11.8. The minimum atomic E-state index is -0.482. The zero-order valence-electron chi connectivity index (χ0n) is 5.23. The van der Waals surface area contributed by atoms with Gasteiger partial charge in [0.05, 0.1) is 0 Å². The molecule has 0 bridgehead atoms. The number of hydrogen-bond acceptors (Lipinski definition) is 1.